The topological polar surface area (TPSA) is 29.5 Å². The third kappa shape index (κ3) is 6.11. The number of hydrogen-bond donors (Lipinski definition) is 0. The van der Waals surface area contributed by atoms with Crippen molar-refractivity contribution in [1.29, 1.82) is 0 Å². The van der Waals surface area contributed by atoms with Crippen LogP contribution in [0.1, 0.15) is 36.7 Å². The van der Waals surface area contributed by atoms with Crippen LogP contribution in [0.3, 0.4) is 0 Å². The smallest absolute Gasteiger partial charge is 0.136 e. The van der Waals surface area contributed by atoms with Gasteiger partial charge in [0.05, 0.1) is 11.4 Å². The maximum Gasteiger partial charge on any atom is 0.136 e. The van der Waals surface area contributed by atoms with Gasteiger partial charge in [0.15, 0.2) is 0 Å². The molecule has 2 aliphatic rings. The Bertz CT molecular complexity index is 3460. The zero-order valence-electron chi connectivity index (χ0n) is 34.5. The normalized spacial score (nSPS) is 14.8. The second kappa shape index (κ2) is 14.8. The van der Waals surface area contributed by atoms with Crippen molar-refractivity contribution >= 4 is 72.4 Å². The Balaban J connectivity index is 1.05. The fourth-order valence-corrected chi connectivity index (χ4v) is 9.87. The molecule has 3 heteroatoms. The summed E-state index contributed by atoms with van der Waals surface area (Å²) in [5.74, 6) is 1.57. The van der Waals surface area contributed by atoms with Crippen LogP contribution in [0.2, 0.25) is 0 Å². The zero-order valence-corrected chi connectivity index (χ0v) is 34.5. The Morgan fingerprint density at radius 1 is 0.500 bits per heavy atom. The molecule has 0 fully saturated rings. The molecule has 296 valence electrons. The lowest BCUT2D eigenvalue weighted by atomic mass is 9.87. The minimum atomic E-state index is 0.488. The van der Waals surface area contributed by atoms with Crippen LogP contribution in [-0.4, -0.2) is 0 Å². The summed E-state index contributed by atoms with van der Waals surface area (Å²) in [5, 5.41) is 5.91. The van der Waals surface area contributed by atoms with E-state index in [4.69, 9.17) is 8.83 Å². The van der Waals surface area contributed by atoms with Gasteiger partial charge in [-0.05, 0) is 118 Å². The number of allylic oxidation sites excluding steroid dienone is 5. The summed E-state index contributed by atoms with van der Waals surface area (Å²) in [6, 6.07) is 61.7. The third-order valence-electron chi connectivity index (χ3n) is 12.8. The number of hydrogen-bond acceptors (Lipinski definition) is 3. The molecule has 1 unspecified atom stereocenters. The first-order valence-electron chi connectivity index (χ1n) is 21.8. The molecular weight excluding hydrogens is 755 g/mol. The summed E-state index contributed by atoms with van der Waals surface area (Å²) in [6.45, 7) is 2.30. The molecule has 0 spiro atoms. The van der Waals surface area contributed by atoms with E-state index in [2.05, 4.69) is 200 Å². The van der Waals surface area contributed by atoms with Gasteiger partial charge in [-0.15, -0.1) is 0 Å². The molecule has 0 bridgehead atoms. The summed E-state index contributed by atoms with van der Waals surface area (Å²) >= 11 is 0. The van der Waals surface area contributed by atoms with Crippen LogP contribution >= 0.6 is 0 Å². The Morgan fingerprint density at radius 3 is 2.05 bits per heavy atom. The van der Waals surface area contributed by atoms with Crippen LogP contribution < -0.4 is 4.90 Å². The minimum absolute atomic E-state index is 0.488. The van der Waals surface area contributed by atoms with Gasteiger partial charge in [-0.25, -0.2) is 0 Å². The highest BCUT2D eigenvalue weighted by Crippen LogP contribution is 2.48. The van der Waals surface area contributed by atoms with Crippen LogP contribution in [0.25, 0.3) is 88.7 Å². The predicted molar refractivity (Wildman–Crippen MR) is 260 cm³/mol. The molecule has 12 rings (SSSR count). The van der Waals surface area contributed by atoms with Gasteiger partial charge in [0, 0.05) is 45.0 Å². The lowest BCUT2D eigenvalue weighted by Crippen LogP contribution is -2.12. The van der Waals surface area contributed by atoms with Crippen molar-refractivity contribution in [2.75, 3.05) is 4.90 Å². The van der Waals surface area contributed by atoms with Crippen molar-refractivity contribution in [1.82, 2.24) is 0 Å². The molecule has 0 aliphatic heterocycles. The molecule has 1 atom stereocenters. The second-order valence-corrected chi connectivity index (χ2v) is 16.8. The zero-order chi connectivity index (χ0) is 41.1. The van der Waals surface area contributed by atoms with Crippen LogP contribution in [0.5, 0.6) is 0 Å². The number of aryl methyl sites for hydroxylation is 1. The lowest BCUT2D eigenvalue weighted by molar-refractivity contribution is 0.546. The maximum absolute atomic E-state index is 6.44. The molecule has 10 aromatic rings. The van der Waals surface area contributed by atoms with Crippen LogP contribution in [0, 0.1) is 5.92 Å². The Hall–Kier alpha value is -7.62. The van der Waals surface area contributed by atoms with E-state index in [1.54, 1.807) is 0 Å². The molecule has 0 saturated heterocycles. The molecule has 2 aromatic heterocycles. The number of furan rings is 2. The van der Waals surface area contributed by atoms with Gasteiger partial charge in [0.25, 0.3) is 0 Å². The van der Waals surface area contributed by atoms with Crippen molar-refractivity contribution in [3.8, 4) is 33.4 Å². The average Bonchev–Trinajstić information content (AvgIpc) is 3.89. The van der Waals surface area contributed by atoms with Gasteiger partial charge in [-0.1, -0.05) is 153 Å². The van der Waals surface area contributed by atoms with Crippen molar-refractivity contribution in [3.63, 3.8) is 0 Å². The molecule has 0 N–H and O–H groups in total. The lowest BCUT2D eigenvalue weighted by Gasteiger charge is -2.30. The maximum atomic E-state index is 6.44. The molecule has 2 aliphatic carbocycles. The van der Waals surface area contributed by atoms with Crippen molar-refractivity contribution in [2.45, 2.75) is 26.2 Å². The number of fused-ring (bicyclic) bond motifs is 7. The SMILES string of the molecule is CC1C=C(c2cccc3cccc(-c4ccccc4N(c4ccc(-c5ccc6oc7c(c6c5)C=CCC7)cc4)c4ccccc4-c4ccc5c(c4)oc4ccccc45)c23)C=CC1. The van der Waals surface area contributed by atoms with Crippen molar-refractivity contribution < 1.29 is 8.83 Å². The minimum Gasteiger partial charge on any atom is -0.460 e. The number of benzene rings is 8. The molecule has 62 heavy (non-hydrogen) atoms. The van der Waals surface area contributed by atoms with Gasteiger partial charge in [0.2, 0.25) is 0 Å². The van der Waals surface area contributed by atoms with E-state index in [9.17, 15) is 0 Å². The number of para-hydroxylation sites is 3. The molecule has 0 saturated carbocycles. The predicted octanol–water partition coefficient (Wildman–Crippen LogP) is 16.9. The van der Waals surface area contributed by atoms with Gasteiger partial charge in [-0.2, -0.15) is 0 Å². The quantitative estimate of drug-likeness (QED) is 0.161. The van der Waals surface area contributed by atoms with E-state index in [0.29, 0.717) is 5.92 Å². The molecule has 8 aromatic carbocycles. The number of rotatable bonds is 7. The molecule has 0 radical (unpaired) electrons. The summed E-state index contributed by atoms with van der Waals surface area (Å²) < 4.78 is 12.7. The Kier molecular flexibility index (Phi) is 8.67. The monoisotopic (exact) mass is 797 g/mol. The third-order valence-corrected chi connectivity index (χ3v) is 12.8. The van der Waals surface area contributed by atoms with Crippen molar-refractivity contribution in [2.24, 2.45) is 5.92 Å². The fraction of sp³-hybridized carbons (Fsp3) is 0.0847. The van der Waals surface area contributed by atoms with Gasteiger partial charge < -0.3 is 13.7 Å². The molecule has 3 nitrogen and oxygen atoms in total. The highest BCUT2D eigenvalue weighted by atomic mass is 16.3. The van der Waals surface area contributed by atoms with E-state index in [-0.39, 0.29) is 0 Å². The highest BCUT2D eigenvalue weighted by Gasteiger charge is 2.23. The van der Waals surface area contributed by atoms with Crippen LogP contribution in [-0.2, 0) is 6.42 Å². The summed E-state index contributed by atoms with van der Waals surface area (Å²) in [5.41, 5.74) is 16.6. The van der Waals surface area contributed by atoms with E-state index in [1.165, 1.54) is 44.0 Å². The van der Waals surface area contributed by atoms with Crippen LogP contribution in [0.4, 0.5) is 17.1 Å². The fourth-order valence-electron chi connectivity index (χ4n) is 9.87. The summed E-state index contributed by atoms with van der Waals surface area (Å²) in [4.78, 5) is 2.45. The van der Waals surface area contributed by atoms with E-state index >= 15 is 0 Å². The first kappa shape index (κ1) is 36.2. The summed E-state index contributed by atoms with van der Waals surface area (Å²) in [6.07, 6.45) is 14.6. The van der Waals surface area contributed by atoms with Crippen LogP contribution in [0.15, 0.2) is 203 Å². The molecular formula is C59H43NO2. The number of anilines is 3. The van der Waals surface area contributed by atoms with E-state index in [0.717, 1.165) is 91.9 Å². The van der Waals surface area contributed by atoms with Gasteiger partial charge >= 0.3 is 0 Å². The second-order valence-electron chi connectivity index (χ2n) is 16.8. The average molecular weight is 798 g/mol. The number of nitrogens with zero attached hydrogens (tertiary/aromatic N) is 1. The summed E-state index contributed by atoms with van der Waals surface area (Å²) in [7, 11) is 0. The standard InChI is InChI=1S/C59H43NO2/c1-38-13-10-16-42(35-38)46-21-11-14-40-15-12-22-51(59(40)46)47-18-3-7-24-54(47)60(44-31-27-39(28-32-44)41-30-34-57-52(36-41)49-20-5-9-26-56(49)61-57)53-23-6-2-17-45(53)43-29-33-50-48-19-4-8-25-55(48)62-58(50)37-43/h2-8,10-12,14-25,27-38H,9,13,26H2,1H3. The Morgan fingerprint density at radius 2 is 1.19 bits per heavy atom. The molecule has 2 heterocycles. The van der Waals surface area contributed by atoms with Gasteiger partial charge in [-0.3, -0.25) is 0 Å². The van der Waals surface area contributed by atoms with Crippen molar-refractivity contribution in [3.05, 3.63) is 211 Å². The van der Waals surface area contributed by atoms with Gasteiger partial charge in [0.1, 0.15) is 22.5 Å². The molecule has 0 amide bonds. The van der Waals surface area contributed by atoms with E-state index < -0.39 is 0 Å². The first-order chi connectivity index (χ1) is 30.6. The first-order valence-corrected chi connectivity index (χ1v) is 21.8. The highest BCUT2D eigenvalue weighted by molar-refractivity contribution is 6.09. The Labute approximate surface area is 361 Å². The van der Waals surface area contributed by atoms with E-state index in [1.807, 2.05) is 12.1 Å². The largest absolute Gasteiger partial charge is 0.460 e.